The Morgan fingerprint density at radius 3 is 2.71 bits per heavy atom. The molecule has 24 heavy (non-hydrogen) atoms. The zero-order valence-corrected chi connectivity index (χ0v) is 13.9. The molecule has 0 bridgehead atoms. The molecule has 0 aromatic heterocycles. The lowest BCUT2D eigenvalue weighted by Crippen LogP contribution is -2.20. The van der Waals surface area contributed by atoms with Gasteiger partial charge in [0.15, 0.2) is 18.1 Å². The van der Waals surface area contributed by atoms with E-state index >= 15 is 0 Å². The van der Waals surface area contributed by atoms with Gasteiger partial charge in [-0.1, -0.05) is 17.3 Å². The van der Waals surface area contributed by atoms with E-state index in [2.05, 4.69) is 10.5 Å². The number of carbonyl (C=O) groups excluding carboxylic acids is 1. The number of benzene rings is 2. The second-order valence-corrected chi connectivity index (χ2v) is 5.31. The van der Waals surface area contributed by atoms with Crippen LogP contribution in [0.1, 0.15) is 16.7 Å². The highest BCUT2D eigenvalue weighted by Gasteiger charge is 2.10. The molecule has 0 heterocycles. The molecule has 0 saturated heterocycles. The summed E-state index contributed by atoms with van der Waals surface area (Å²) in [4.78, 5) is 12.1. The third kappa shape index (κ3) is 4.49. The van der Waals surface area contributed by atoms with Crippen LogP contribution in [-0.2, 0) is 4.79 Å². The Kier molecular flexibility index (Phi) is 5.78. The van der Waals surface area contributed by atoms with Crippen LogP contribution in [0.15, 0.2) is 41.6 Å². The van der Waals surface area contributed by atoms with Crippen molar-refractivity contribution in [2.45, 2.75) is 13.8 Å². The van der Waals surface area contributed by atoms with Gasteiger partial charge in [-0.2, -0.15) is 0 Å². The summed E-state index contributed by atoms with van der Waals surface area (Å²) in [6, 6.07) is 10.9. The fourth-order valence-corrected chi connectivity index (χ4v) is 2.15. The van der Waals surface area contributed by atoms with Crippen LogP contribution < -0.4 is 14.8 Å². The lowest BCUT2D eigenvalue weighted by atomic mass is 10.1. The van der Waals surface area contributed by atoms with E-state index in [4.69, 9.17) is 14.7 Å². The van der Waals surface area contributed by atoms with E-state index in [1.807, 2.05) is 32.0 Å². The zero-order chi connectivity index (χ0) is 17.5. The number of oxime groups is 1. The van der Waals surface area contributed by atoms with E-state index in [1.165, 1.54) is 13.3 Å². The van der Waals surface area contributed by atoms with Crippen molar-refractivity contribution in [3.05, 3.63) is 53.1 Å². The van der Waals surface area contributed by atoms with Gasteiger partial charge < -0.3 is 20.0 Å². The minimum absolute atomic E-state index is 0.142. The van der Waals surface area contributed by atoms with E-state index in [1.54, 1.807) is 18.2 Å². The lowest BCUT2D eigenvalue weighted by Gasteiger charge is -2.12. The molecule has 0 radical (unpaired) electrons. The van der Waals surface area contributed by atoms with Gasteiger partial charge in [-0.05, 0) is 49.2 Å². The van der Waals surface area contributed by atoms with Crippen LogP contribution in [0.5, 0.6) is 11.5 Å². The molecular weight excluding hydrogens is 308 g/mol. The van der Waals surface area contributed by atoms with Crippen LogP contribution >= 0.6 is 0 Å². The summed E-state index contributed by atoms with van der Waals surface area (Å²) in [6.45, 7) is 3.76. The SMILES string of the molecule is COc1cc(/C=N/O)ccc1OCC(=O)Nc1cc(C)ccc1C. The van der Waals surface area contributed by atoms with Crippen LogP contribution in [0.4, 0.5) is 5.69 Å². The van der Waals surface area contributed by atoms with Crippen molar-refractivity contribution in [3.63, 3.8) is 0 Å². The molecule has 2 N–H and O–H groups in total. The van der Waals surface area contributed by atoms with Crippen LogP contribution in [0.3, 0.4) is 0 Å². The van der Waals surface area contributed by atoms with Crippen LogP contribution in [-0.4, -0.2) is 31.0 Å². The van der Waals surface area contributed by atoms with Gasteiger partial charge in [0.1, 0.15) is 0 Å². The second-order valence-electron chi connectivity index (χ2n) is 5.31. The Balaban J connectivity index is 2.02. The number of aryl methyl sites for hydroxylation is 2. The van der Waals surface area contributed by atoms with Crippen molar-refractivity contribution in [2.75, 3.05) is 19.0 Å². The van der Waals surface area contributed by atoms with Crippen molar-refractivity contribution < 1.29 is 19.5 Å². The molecule has 1 amide bonds. The van der Waals surface area contributed by atoms with Crippen molar-refractivity contribution >= 4 is 17.8 Å². The van der Waals surface area contributed by atoms with E-state index < -0.39 is 0 Å². The molecule has 0 saturated carbocycles. The highest BCUT2D eigenvalue weighted by atomic mass is 16.5. The maximum absolute atomic E-state index is 12.1. The third-order valence-electron chi connectivity index (χ3n) is 3.42. The summed E-state index contributed by atoms with van der Waals surface area (Å²) in [5, 5.41) is 14.3. The Morgan fingerprint density at radius 1 is 1.21 bits per heavy atom. The summed E-state index contributed by atoms with van der Waals surface area (Å²) in [6.07, 6.45) is 1.28. The molecule has 2 aromatic carbocycles. The molecule has 0 unspecified atom stereocenters. The van der Waals surface area contributed by atoms with E-state index in [9.17, 15) is 4.79 Å². The number of ether oxygens (including phenoxy) is 2. The number of hydrogen-bond donors (Lipinski definition) is 2. The maximum atomic E-state index is 12.1. The normalized spacial score (nSPS) is 10.6. The Morgan fingerprint density at radius 2 is 2.00 bits per heavy atom. The fourth-order valence-electron chi connectivity index (χ4n) is 2.15. The Labute approximate surface area is 140 Å². The average molecular weight is 328 g/mol. The van der Waals surface area contributed by atoms with E-state index in [-0.39, 0.29) is 12.5 Å². The number of amides is 1. The van der Waals surface area contributed by atoms with Crippen molar-refractivity contribution in [1.29, 1.82) is 0 Å². The monoisotopic (exact) mass is 328 g/mol. The quantitative estimate of drug-likeness (QED) is 0.485. The Hall–Kier alpha value is -3.02. The maximum Gasteiger partial charge on any atom is 0.262 e. The van der Waals surface area contributed by atoms with E-state index in [0.717, 1.165) is 16.8 Å². The zero-order valence-electron chi connectivity index (χ0n) is 13.9. The molecule has 6 nitrogen and oxygen atoms in total. The number of nitrogens with zero attached hydrogens (tertiary/aromatic N) is 1. The highest BCUT2D eigenvalue weighted by molar-refractivity contribution is 5.92. The molecule has 2 aromatic rings. The number of hydrogen-bond acceptors (Lipinski definition) is 5. The number of nitrogens with one attached hydrogen (secondary N) is 1. The van der Waals surface area contributed by atoms with Gasteiger partial charge in [0.25, 0.3) is 5.91 Å². The number of methoxy groups -OCH3 is 1. The summed E-state index contributed by atoms with van der Waals surface area (Å²) < 4.78 is 10.7. The van der Waals surface area contributed by atoms with Gasteiger partial charge in [-0.15, -0.1) is 0 Å². The molecule has 126 valence electrons. The summed E-state index contributed by atoms with van der Waals surface area (Å²) in [5.41, 5.74) is 3.48. The summed E-state index contributed by atoms with van der Waals surface area (Å²) >= 11 is 0. The molecule has 0 atom stereocenters. The molecule has 0 aliphatic carbocycles. The average Bonchev–Trinajstić information content (AvgIpc) is 2.57. The molecule has 0 spiro atoms. The van der Waals surface area contributed by atoms with Gasteiger partial charge in [-0.25, -0.2) is 0 Å². The first-order chi connectivity index (χ1) is 11.5. The minimum Gasteiger partial charge on any atom is -0.493 e. The van der Waals surface area contributed by atoms with Crippen molar-refractivity contribution in [1.82, 2.24) is 0 Å². The second kappa shape index (κ2) is 8.01. The van der Waals surface area contributed by atoms with Gasteiger partial charge in [0, 0.05) is 11.3 Å². The largest absolute Gasteiger partial charge is 0.493 e. The topological polar surface area (TPSA) is 80.2 Å². The Bertz CT molecular complexity index is 757. The van der Waals surface area contributed by atoms with Gasteiger partial charge >= 0.3 is 0 Å². The van der Waals surface area contributed by atoms with Gasteiger partial charge in [-0.3, -0.25) is 4.79 Å². The van der Waals surface area contributed by atoms with Gasteiger partial charge in [0.2, 0.25) is 0 Å². The predicted octanol–water partition coefficient (Wildman–Crippen LogP) is 3.14. The number of anilines is 1. The lowest BCUT2D eigenvalue weighted by molar-refractivity contribution is -0.118. The smallest absolute Gasteiger partial charge is 0.262 e. The molecular formula is C18H20N2O4. The molecule has 0 aliphatic heterocycles. The molecule has 0 fully saturated rings. The number of carbonyl (C=O) groups is 1. The van der Waals surface area contributed by atoms with Crippen LogP contribution in [0.25, 0.3) is 0 Å². The van der Waals surface area contributed by atoms with Crippen molar-refractivity contribution in [2.24, 2.45) is 5.16 Å². The molecule has 6 heteroatoms. The number of rotatable bonds is 6. The third-order valence-corrected chi connectivity index (χ3v) is 3.42. The summed E-state index contributed by atoms with van der Waals surface area (Å²) in [5.74, 6) is 0.627. The first-order valence-corrected chi connectivity index (χ1v) is 7.39. The van der Waals surface area contributed by atoms with Crippen LogP contribution in [0, 0.1) is 13.8 Å². The van der Waals surface area contributed by atoms with E-state index in [0.29, 0.717) is 17.1 Å². The van der Waals surface area contributed by atoms with Gasteiger partial charge in [0.05, 0.1) is 13.3 Å². The minimum atomic E-state index is -0.258. The molecule has 0 aliphatic rings. The fraction of sp³-hybridized carbons (Fsp3) is 0.222. The predicted molar refractivity (Wildman–Crippen MR) is 92.4 cm³/mol. The first kappa shape index (κ1) is 17.3. The van der Waals surface area contributed by atoms with Crippen molar-refractivity contribution in [3.8, 4) is 11.5 Å². The first-order valence-electron chi connectivity index (χ1n) is 7.39. The van der Waals surface area contributed by atoms with Crippen LogP contribution in [0.2, 0.25) is 0 Å². The summed E-state index contributed by atoms with van der Waals surface area (Å²) in [7, 11) is 1.50. The highest BCUT2D eigenvalue weighted by Crippen LogP contribution is 2.27. The standard InChI is InChI=1S/C18H20N2O4/c1-12-4-5-13(2)15(8-12)20-18(21)11-24-16-7-6-14(10-19-22)9-17(16)23-3/h4-10,22H,11H2,1-3H3,(H,20,21)/b19-10+. The molecule has 2 rings (SSSR count).